The molecule has 8 nitrogen and oxygen atoms in total. The van der Waals surface area contributed by atoms with E-state index < -0.39 is 23.0 Å². The second-order valence-corrected chi connectivity index (χ2v) is 4.67. The summed E-state index contributed by atoms with van der Waals surface area (Å²) in [5.41, 5.74) is -0.00859. The van der Waals surface area contributed by atoms with Crippen LogP contribution in [-0.4, -0.2) is 28.1 Å². The minimum absolute atomic E-state index is 0.178. The highest BCUT2D eigenvalue weighted by molar-refractivity contribution is 9.10. The van der Waals surface area contributed by atoms with Gasteiger partial charge in [-0.3, -0.25) is 10.1 Å². The highest BCUT2D eigenvalue weighted by Gasteiger charge is 2.18. The van der Waals surface area contributed by atoms with Crippen molar-refractivity contribution in [2.24, 2.45) is 0 Å². The van der Waals surface area contributed by atoms with Crippen LogP contribution >= 0.6 is 15.9 Å². The minimum Gasteiger partial charge on any atom is -0.480 e. The van der Waals surface area contributed by atoms with E-state index in [4.69, 9.17) is 5.11 Å². The zero-order chi connectivity index (χ0) is 15.3. The Bertz CT molecular complexity index is 549. The van der Waals surface area contributed by atoms with Crippen molar-refractivity contribution in [3.05, 3.63) is 32.8 Å². The third kappa shape index (κ3) is 4.19. The van der Waals surface area contributed by atoms with Crippen molar-refractivity contribution >= 4 is 39.3 Å². The predicted molar refractivity (Wildman–Crippen MR) is 74.7 cm³/mol. The maximum absolute atomic E-state index is 11.6. The molecule has 108 valence electrons. The van der Waals surface area contributed by atoms with Gasteiger partial charge in [0, 0.05) is 16.6 Å². The lowest BCUT2D eigenvalue weighted by atomic mass is 10.2. The third-order valence-corrected chi connectivity index (χ3v) is 3.11. The lowest BCUT2D eigenvalue weighted by molar-refractivity contribution is -0.384. The summed E-state index contributed by atoms with van der Waals surface area (Å²) in [6.07, 6.45) is 0.221. The molecular formula is C11H12BrN3O5. The van der Waals surface area contributed by atoms with Crippen molar-refractivity contribution in [1.82, 2.24) is 5.32 Å². The molecule has 1 rings (SSSR count). The van der Waals surface area contributed by atoms with Gasteiger partial charge in [-0.2, -0.15) is 0 Å². The van der Waals surface area contributed by atoms with Gasteiger partial charge in [0.2, 0.25) is 0 Å². The molecule has 1 unspecified atom stereocenters. The average molecular weight is 346 g/mol. The molecule has 0 fully saturated rings. The number of nitrogens with zero attached hydrogens (tertiary/aromatic N) is 1. The molecule has 0 saturated heterocycles. The zero-order valence-corrected chi connectivity index (χ0v) is 12.0. The Hall–Kier alpha value is -2.16. The van der Waals surface area contributed by atoms with Crippen molar-refractivity contribution < 1.29 is 19.6 Å². The number of halogens is 1. The van der Waals surface area contributed by atoms with E-state index in [0.717, 1.165) is 0 Å². The van der Waals surface area contributed by atoms with Crippen LogP contribution in [0.15, 0.2) is 22.7 Å². The number of carboxylic acid groups (broad SMARTS) is 1. The van der Waals surface area contributed by atoms with Crippen LogP contribution in [0.5, 0.6) is 0 Å². The number of nitro benzene ring substituents is 1. The first kappa shape index (κ1) is 15.9. The molecule has 9 heteroatoms. The van der Waals surface area contributed by atoms with Gasteiger partial charge in [-0.1, -0.05) is 6.92 Å². The number of nitrogens with one attached hydrogen (secondary N) is 2. The Morgan fingerprint density at radius 1 is 1.50 bits per heavy atom. The van der Waals surface area contributed by atoms with E-state index >= 15 is 0 Å². The van der Waals surface area contributed by atoms with Gasteiger partial charge in [0.1, 0.15) is 6.04 Å². The van der Waals surface area contributed by atoms with Gasteiger partial charge in [-0.25, -0.2) is 9.59 Å². The van der Waals surface area contributed by atoms with Crippen molar-refractivity contribution in [2.45, 2.75) is 19.4 Å². The Morgan fingerprint density at radius 2 is 2.15 bits per heavy atom. The van der Waals surface area contributed by atoms with Crippen molar-refractivity contribution in [2.75, 3.05) is 5.32 Å². The van der Waals surface area contributed by atoms with Gasteiger partial charge >= 0.3 is 12.0 Å². The van der Waals surface area contributed by atoms with Gasteiger partial charge in [-0.05, 0) is 28.4 Å². The number of nitro groups is 1. The fourth-order valence-corrected chi connectivity index (χ4v) is 1.72. The molecule has 0 spiro atoms. The number of hydrogen-bond donors (Lipinski definition) is 3. The highest BCUT2D eigenvalue weighted by atomic mass is 79.9. The van der Waals surface area contributed by atoms with Crippen molar-refractivity contribution in [3.8, 4) is 0 Å². The number of carbonyl (C=O) groups is 2. The number of non-ortho nitro benzene ring substituents is 1. The summed E-state index contributed by atoms with van der Waals surface area (Å²) < 4.78 is 0.446. The van der Waals surface area contributed by atoms with Crippen LogP contribution in [0.4, 0.5) is 16.2 Å². The molecule has 0 aliphatic rings. The Morgan fingerprint density at radius 3 is 2.65 bits per heavy atom. The van der Waals surface area contributed by atoms with Gasteiger partial charge < -0.3 is 15.7 Å². The molecule has 2 amide bonds. The number of rotatable bonds is 5. The van der Waals surface area contributed by atoms with Crippen LogP contribution in [0.25, 0.3) is 0 Å². The van der Waals surface area contributed by atoms with E-state index in [-0.39, 0.29) is 17.8 Å². The molecule has 0 aliphatic heterocycles. The van der Waals surface area contributed by atoms with E-state index in [1.54, 1.807) is 6.92 Å². The quantitative estimate of drug-likeness (QED) is 0.558. The lowest BCUT2D eigenvalue weighted by Crippen LogP contribution is -2.42. The summed E-state index contributed by atoms with van der Waals surface area (Å²) in [5.74, 6) is -1.15. The number of carboxylic acids is 1. The van der Waals surface area contributed by atoms with E-state index in [0.29, 0.717) is 4.47 Å². The second kappa shape index (κ2) is 6.85. The number of anilines is 1. The van der Waals surface area contributed by atoms with E-state index in [9.17, 15) is 19.7 Å². The van der Waals surface area contributed by atoms with Crippen LogP contribution in [0.2, 0.25) is 0 Å². The lowest BCUT2D eigenvalue weighted by Gasteiger charge is -2.13. The van der Waals surface area contributed by atoms with E-state index in [1.165, 1.54) is 18.2 Å². The molecule has 1 aromatic carbocycles. The van der Waals surface area contributed by atoms with Crippen LogP contribution in [0.3, 0.4) is 0 Å². The average Bonchev–Trinajstić information content (AvgIpc) is 2.37. The number of aliphatic carboxylic acids is 1. The van der Waals surface area contributed by atoms with Gasteiger partial charge in [-0.15, -0.1) is 0 Å². The molecule has 0 heterocycles. The minimum atomic E-state index is -1.15. The summed E-state index contributed by atoms with van der Waals surface area (Å²) >= 11 is 3.14. The molecule has 0 saturated carbocycles. The Kier molecular flexibility index (Phi) is 5.44. The monoisotopic (exact) mass is 345 g/mol. The van der Waals surface area contributed by atoms with Crippen LogP contribution in [-0.2, 0) is 4.79 Å². The van der Waals surface area contributed by atoms with Crippen molar-refractivity contribution in [3.63, 3.8) is 0 Å². The van der Waals surface area contributed by atoms with Crippen LogP contribution in [0, 0.1) is 10.1 Å². The standard InChI is InChI=1S/C11H12BrN3O5/c1-2-8(10(16)17)13-11(18)14-9-5-6(15(19)20)3-4-7(9)12/h3-5,8H,2H2,1H3,(H,16,17)(H2,13,14,18). The highest BCUT2D eigenvalue weighted by Crippen LogP contribution is 2.26. The number of hydrogen-bond acceptors (Lipinski definition) is 4. The van der Waals surface area contributed by atoms with Crippen molar-refractivity contribution in [1.29, 1.82) is 0 Å². The molecule has 0 bridgehead atoms. The summed E-state index contributed by atoms with van der Waals surface area (Å²) in [6.45, 7) is 1.61. The maximum Gasteiger partial charge on any atom is 0.326 e. The zero-order valence-electron chi connectivity index (χ0n) is 10.4. The second-order valence-electron chi connectivity index (χ2n) is 3.82. The predicted octanol–water partition coefficient (Wildman–Crippen LogP) is 2.34. The first-order chi connectivity index (χ1) is 9.35. The fraction of sp³-hybridized carbons (Fsp3) is 0.273. The summed E-state index contributed by atoms with van der Waals surface area (Å²) in [7, 11) is 0. The molecule has 3 N–H and O–H groups in total. The fourth-order valence-electron chi connectivity index (χ4n) is 1.38. The molecule has 0 aromatic heterocycles. The molecular weight excluding hydrogens is 334 g/mol. The molecule has 0 aliphatic carbocycles. The van der Waals surface area contributed by atoms with E-state index in [2.05, 4.69) is 26.6 Å². The summed E-state index contributed by atoms with van der Waals surface area (Å²) in [6, 6.07) is 2.10. The van der Waals surface area contributed by atoms with Crippen LogP contribution in [0.1, 0.15) is 13.3 Å². The van der Waals surface area contributed by atoms with Gasteiger partial charge in [0.15, 0.2) is 0 Å². The summed E-state index contributed by atoms with van der Waals surface area (Å²) in [5, 5.41) is 24.1. The normalized spacial score (nSPS) is 11.5. The maximum atomic E-state index is 11.6. The largest absolute Gasteiger partial charge is 0.480 e. The Labute approximate surface area is 122 Å². The SMILES string of the molecule is CCC(NC(=O)Nc1cc([N+](=O)[O-])ccc1Br)C(=O)O. The molecule has 1 atom stereocenters. The third-order valence-electron chi connectivity index (χ3n) is 2.42. The summed E-state index contributed by atoms with van der Waals surface area (Å²) in [4.78, 5) is 32.5. The number of carbonyl (C=O) groups excluding carboxylic acids is 1. The first-order valence-corrected chi connectivity index (χ1v) is 6.38. The number of urea groups is 1. The molecule has 0 radical (unpaired) electrons. The van der Waals surface area contributed by atoms with Gasteiger partial charge in [0.05, 0.1) is 10.6 Å². The Balaban J connectivity index is 2.82. The molecule has 1 aromatic rings. The number of amides is 2. The van der Waals surface area contributed by atoms with Crippen LogP contribution < -0.4 is 10.6 Å². The number of benzene rings is 1. The smallest absolute Gasteiger partial charge is 0.326 e. The van der Waals surface area contributed by atoms with E-state index in [1.807, 2.05) is 0 Å². The first-order valence-electron chi connectivity index (χ1n) is 5.59. The van der Waals surface area contributed by atoms with Gasteiger partial charge in [0.25, 0.3) is 5.69 Å². The molecule has 20 heavy (non-hydrogen) atoms. The topological polar surface area (TPSA) is 122 Å².